The smallest absolute Gasteiger partial charge is 0.237 e. The van der Waals surface area contributed by atoms with Crippen LogP contribution in [0.1, 0.15) is 13.3 Å². The summed E-state index contributed by atoms with van der Waals surface area (Å²) in [6, 6.07) is 5.53. The first-order chi connectivity index (χ1) is 9.51. The molecule has 0 amide bonds. The van der Waals surface area contributed by atoms with Crippen molar-refractivity contribution < 1.29 is 17.5 Å². The lowest BCUT2D eigenvalue weighted by molar-refractivity contribution is 0.163. The molecule has 0 aliphatic carbocycles. The summed E-state index contributed by atoms with van der Waals surface area (Å²) in [5.41, 5.74) is 5.74. The first-order valence-corrected chi connectivity index (χ1v) is 8.16. The Bertz CT molecular complexity index is 508. The number of nitrogens with two attached hydrogens (primary N) is 1. The van der Waals surface area contributed by atoms with Crippen LogP contribution in [-0.4, -0.2) is 40.5 Å². The normalized spacial score (nSPS) is 11.6. The van der Waals surface area contributed by atoms with E-state index in [1.54, 1.807) is 13.0 Å². The van der Waals surface area contributed by atoms with Crippen LogP contribution in [0.2, 0.25) is 0 Å². The number of hydrogen-bond donors (Lipinski definition) is 1. The summed E-state index contributed by atoms with van der Waals surface area (Å²) in [6.07, 6.45) is 0.504. The molecule has 0 aromatic heterocycles. The molecule has 114 valence electrons. The van der Waals surface area contributed by atoms with Gasteiger partial charge in [0.2, 0.25) is 10.0 Å². The quantitative estimate of drug-likeness (QED) is 0.699. The van der Waals surface area contributed by atoms with Gasteiger partial charge < -0.3 is 10.5 Å². The summed E-state index contributed by atoms with van der Waals surface area (Å²) in [4.78, 5) is 0. The highest BCUT2D eigenvalue weighted by Gasteiger charge is 2.22. The van der Waals surface area contributed by atoms with E-state index in [4.69, 9.17) is 10.5 Å². The van der Waals surface area contributed by atoms with Crippen molar-refractivity contribution >= 4 is 15.7 Å². The third-order valence-electron chi connectivity index (χ3n) is 2.69. The second-order valence-electron chi connectivity index (χ2n) is 4.21. The van der Waals surface area contributed by atoms with Crippen molar-refractivity contribution in [2.45, 2.75) is 13.3 Å². The minimum atomic E-state index is -3.55. The predicted molar refractivity (Wildman–Crippen MR) is 77.7 cm³/mol. The molecule has 0 heterocycles. The van der Waals surface area contributed by atoms with Crippen molar-refractivity contribution in [3.8, 4) is 0 Å². The summed E-state index contributed by atoms with van der Waals surface area (Å²) < 4.78 is 44.2. The van der Waals surface area contributed by atoms with Gasteiger partial charge in [-0.15, -0.1) is 0 Å². The molecule has 0 bridgehead atoms. The molecule has 0 fully saturated rings. The highest BCUT2D eigenvalue weighted by atomic mass is 32.2. The lowest BCUT2D eigenvalue weighted by Crippen LogP contribution is -2.36. The van der Waals surface area contributed by atoms with Crippen LogP contribution in [0.3, 0.4) is 0 Å². The number of hydrogen-bond acceptors (Lipinski definition) is 4. The Morgan fingerprint density at radius 1 is 1.40 bits per heavy atom. The van der Waals surface area contributed by atoms with E-state index in [9.17, 15) is 12.8 Å². The molecule has 2 N–H and O–H groups in total. The SMILES string of the molecule is CCOCCS(=O)(=O)N(CCCN)c1cccc(F)c1. The van der Waals surface area contributed by atoms with Crippen LogP contribution in [0.25, 0.3) is 0 Å². The molecule has 20 heavy (non-hydrogen) atoms. The van der Waals surface area contributed by atoms with Gasteiger partial charge >= 0.3 is 0 Å². The monoisotopic (exact) mass is 304 g/mol. The van der Waals surface area contributed by atoms with E-state index in [1.807, 2.05) is 0 Å². The molecule has 0 aliphatic rings. The maximum Gasteiger partial charge on any atom is 0.237 e. The molecule has 0 spiro atoms. The Morgan fingerprint density at radius 3 is 2.75 bits per heavy atom. The van der Waals surface area contributed by atoms with Crippen LogP contribution in [0.5, 0.6) is 0 Å². The van der Waals surface area contributed by atoms with Gasteiger partial charge in [0.15, 0.2) is 0 Å². The first-order valence-electron chi connectivity index (χ1n) is 6.55. The van der Waals surface area contributed by atoms with Crippen molar-refractivity contribution in [2.75, 3.05) is 36.4 Å². The molecule has 0 radical (unpaired) electrons. The number of sulfonamides is 1. The summed E-state index contributed by atoms with van der Waals surface area (Å²) in [5, 5.41) is 0. The molecule has 0 saturated heterocycles. The number of ether oxygens (including phenoxy) is 1. The van der Waals surface area contributed by atoms with E-state index in [0.29, 0.717) is 25.3 Å². The lowest BCUT2D eigenvalue weighted by atomic mass is 10.3. The van der Waals surface area contributed by atoms with E-state index >= 15 is 0 Å². The van der Waals surface area contributed by atoms with E-state index in [0.717, 1.165) is 0 Å². The van der Waals surface area contributed by atoms with Gasteiger partial charge in [-0.2, -0.15) is 0 Å². The molecular formula is C13H21FN2O3S. The van der Waals surface area contributed by atoms with Crippen molar-refractivity contribution in [3.63, 3.8) is 0 Å². The maximum absolute atomic E-state index is 13.3. The number of halogens is 1. The zero-order valence-corrected chi connectivity index (χ0v) is 12.4. The predicted octanol–water partition coefficient (Wildman–Crippen LogP) is 1.35. The summed E-state index contributed by atoms with van der Waals surface area (Å²) in [7, 11) is -3.55. The Labute approximate surface area is 119 Å². The molecule has 1 rings (SSSR count). The highest BCUT2D eigenvalue weighted by Crippen LogP contribution is 2.19. The fraction of sp³-hybridized carbons (Fsp3) is 0.538. The number of anilines is 1. The first kappa shape index (κ1) is 16.9. The molecule has 1 aromatic rings. The fourth-order valence-electron chi connectivity index (χ4n) is 1.71. The van der Waals surface area contributed by atoms with Crippen LogP contribution in [0, 0.1) is 5.82 Å². The molecule has 0 unspecified atom stereocenters. The minimum absolute atomic E-state index is 0.118. The van der Waals surface area contributed by atoms with Gasteiger partial charge in [-0.3, -0.25) is 4.31 Å². The topological polar surface area (TPSA) is 72.6 Å². The summed E-state index contributed by atoms with van der Waals surface area (Å²) >= 11 is 0. The van der Waals surface area contributed by atoms with Crippen molar-refractivity contribution in [1.29, 1.82) is 0 Å². The summed E-state index contributed by atoms with van der Waals surface area (Å²) in [6.45, 7) is 2.97. The zero-order chi connectivity index (χ0) is 15.0. The second-order valence-corrected chi connectivity index (χ2v) is 6.22. The van der Waals surface area contributed by atoms with E-state index in [2.05, 4.69) is 0 Å². The Kier molecular flexibility index (Phi) is 6.90. The highest BCUT2D eigenvalue weighted by molar-refractivity contribution is 7.92. The van der Waals surface area contributed by atoms with Crippen LogP contribution in [-0.2, 0) is 14.8 Å². The van der Waals surface area contributed by atoms with Gasteiger partial charge in [0.05, 0.1) is 18.0 Å². The van der Waals surface area contributed by atoms with Crippen molar-refractivity contribution in [3.05, 3.63) is 30.1 Å². The molecule has 1 aromatic carbocycles. The largest absolute Gasteiger partial charge is 0.381 e. The molecule has 7 heteroatoms. The molecule has 0 aliphatic heterocycles. The van der Waals surface area contributed by atoms with Crippen LogP contribution in [0.15, 0.2) is 24.3 Å². The van der Waals surface area contributed by atoms with Gasteiger partial charge in [-0.25, -0.2) is 12.8 Å². The van der Waals surface area contributed by atoms with Gasteiger partial charge in [-0.05, 0) is 38.1 Å². The van der Waals surface area contributed by atoms with Gasteiger partial charge in [0.1, 0.15) is 5.82 Å². The van der Waals surface area contributed by atoms with Gasteiger partial charge in [0, 0.05) is 13.2 Å². The number of rotatable bonds is 9. The maximum atomic E-state index is 13.3. The molecular weight excluding hydrogens is 283 g/mol. The minimum Gasteiger partial charge on any atom is -0.381 e. The lowest BCUT2D eigenvalue weighted by Gasteiger charge is -2.24. The van der Waals surface area contributed by atoms with Crippen LogP contribution < -0.4 is 10.0 Å². The van der Waals surface area contributed by atoms with Gasteiger partial charge in [0.25, 0.3) is 0 Å². The fourth-order valence-corrected chi connectivity index (χ4v) is 3.10. The third kappa shape index (κ3) is 5.07. The summed E-state index contributed by atoms with van der Waals surface area (Å²) in [5.74, 6) is -0.609. The number of benzene rings is 1. The van der Waals surface area contributed by atoms with E-state index < -0.39 is 15.8 Å². The Balaban J connectivity index is 2.93. The molecule has 0 saturated carbocycles. The van der Waals surface area contributed by atoms with Crippen LogP contribution in [0.4, 0.5) is 10.1 Å². The van der Waals surface area contributed by atoms with E-state index in [1.165, 1.54) is 22.5 Å². The standard InChI is InChI=1S/C13H21FN2O3S/c1-2-19-9-10-20(17,18)16(8-4-7-15)13-6-3-5-12(14)11-13/h3,5-6,11H,2,4,7-10,15H2,1H3. The van der Waals surface area contributed by atoms with Gasteiger partial charge in [-0.1, -0.05) is 6.07 Å². The average molecular weight is 304 g/mol. The Morgan fingerprint density at radius 2 is 2.15 bits per heavy atom. The molecule has 5 nitrogen and oxygen atoms in total. The Hall–Kier alpha value is -1.18. The average Bonchev–Trinajstić information content (AvgIpc) is 2.39. The van der Waals surface area contributed by atoms with E-state index in [-0.39, 0.29) is 18.9 Å². The van der Waals surface area contributed by atoms with Crippen molar-refractivity contribution in [2.24, 2.45) is 5.73 Å². The zero-order valence-electron chi connectivity index (χ0n) is 11.6. The number of nitrogens with zero attached hydrogens (tertiary/aromatic N) is 1. The third-order valence-corrected chi connectivity index (χ3v) is 4.43. The van der Waals surface area contributed by atoms with Crippen LogP contribution >= 0.6 is 0 Å². The molecule has 0 atom stereocenters. The van der Waals surface area contributed by atoms with Crippen molar-refractivity contribution in [1.82, 2.24) is 0 Å². The second kappa shape index (κ2) is 8.18.